The van der Waals surface area contributed by atoms with Crippen LogP contribution in [0, 0.1) is 6.92 Å². The largest absolute Gasteiger partial charge is 0.469 e. The number of amides is 2. The number of hydrogen-bond acceptors (Lipinski definition) is 7. The zero-order chi connectivity index (χ0) is 17.6. The summed E-state index contributed by atoms with van der Waals surface area (Å²) in [5, 5.41) is 13.8. The number of nitrogens with zero attached hydrogens (tertiary/aromatic N) is 4. The van der Waals surface area contributed by atoms with Crippen LogP contribution in [0.5, 0.6) is 0 Å². The van der Waals surface area contributed by atoms with Crippen LogP contribution in [-0.4, -0.2) is 31.2 Å². The number of aromatic nitrogens is 4. The monoisotopic (exact) mass is 358 g/mol. The summed E-state index contributed by atoms with van der Waals surface area (Å²) >= 11 is 1.02. The van der Waals surface area contributed by atoms with Gasteiger partial charge >= 0.3 is 0 Å². The van der Waals surface area contributed by atoms with Crippen molar-refractivity contribution in [1.82, 2.24) is 19.4 Å². The van der Waals surface area contributed by atoms with Crippen LogP contribution < -0.4 is 10.6 Å². The zero-order valence-corrected chi connectivity index (χ0v) is 14.3. The second-order valence-electron chi connectivity index (χ2n) is 5.70. The first-order chi connectivity index (χ1) is 12.0. The Bertz CT molecular complexity index is 958. The van der Waals surface area contributed by atoms with E-state index >= 15 is 0 Å². The van der Waals surface area contributed by atoms with Crippen molar-refractivity contribution >= 4 is 35.0 Å². The molecule has 9 nitrogen and oxygen atoms in total. The van der Waals surface area contributed by atoms with Gasteiger partial charge in [-0.3, -0.25) is 14.3 Å². The van der Waals surface area contributed by atoms with Crippen LogP contribution in [0.1, 0.15) is 39.0 Å². The molecule has 2 N–H and O–H groups in total. The summed E-state index contributed by atoms with van der Waals surface area (Å²) in [4.78, 5) is 25.0. The third-order valence-electron chi connectivity index (χ3n) is 4.06. The summed E-state index contributed by atoms with van der Waals surface area (Å²) in [5.41, 5.74) is 1.28. The highest BCUT2D eigenvalue weighted by atomic mass is 32.1. The Hall–Kier alpha value is -3.01. The molecule has 2 amide bonds. The fourth-order valence-corrected chi connectivity index (χ4v) is 3.47. The van der Waals surface area contributed by atoms with E-state index in [1.807, 2.05) is 6.07 Å². The van der Waals surface area contributed by atoms with Gasteiger partial charge in [0.2, 0.25) is 5.91 Å². The molecular formula is C15H14N6O3S. The number of nitrogens with one attached hydrogen (secondary N) is 2. The van der Waals surface area contributed by atoms with Gasteiger partial charge in [-0.2, -0.15) is 5.10 Å². The first kappa shape index (κ1) is 15.5. The lowest BCUT2D eigenvalue weighted by Gasteiger charge is -2.22. The summed E-state index contributed by atoms with van der Waals surface area (Å²) in [6, 6.07) is 3.57. The molecule has 3 aromatic heterocycles. The Morgan fingerprint density at radius 3 is 3.04 bits per heavy atom. The molecule has 25 heavy (non-hydrogen) atoms. The van der Waals surface area contributed by atoms with Crippen molar-refractivity contribution in [2.45, 2.75) is 19.3 Å². The van der Waals surface area contributed by atoms with Crippen molar-refractivity contribution < 1.29 is 14.0 Å². The molecule has 4 heterocycles. The number of aryl methyl sites for hydroxylation is 2. The quantitative estimate of drug-likeness (QED) is 0.739. The highest BCUT2D eigenvalue weighted by Gasteiger charge is 2.35. The second-order valence-corrected chi connectivity index (χ2v) is 6.45. The van der Waals surface area contributed by atoms with Gasteiger partial charge in [0.15, 0.2) is 5.82 Å². The van der Waals surface area contributed by atoms with Gasteiger partial charge in [0.05, 0.1) is 23.4 Å². The van der Waals surface area contributed by atoms with E-state index in [4.69, 9.17) is 4.42 Å². The molecule has 1 atom stereocenters. The maximum absolute atomic E-state index is 12.5. The maximum Gasteiger partial charge on any atom is 0.270 e. The number of carbonyl (C=O) groups excluding carboxylic acids is 2. The summed E-state index contributed by atoms with van der Waals surface area (Å²) in [6.45, 7) is 1.72. The van der Waals surface area contributed by atoms with Gasteiger partial charge in [-0.25, -0.2) is 0 Å². The molecule has 0 saturated heterocycles. The molecule has 10 heteroatoms. The second kappa shape index (κ2) is 5.81. The number of furan rings is 1. The molecule has 4 rings (SSSR count). The predicted octanol–water partition coefficient (Wildman–Crippen LogP) is 1.90. The molecule has 128 valence electrons. The number of carbonyl (C=O) groups is 2. The first-order valence-electron chi connectivity index (χ1n) is 7.55. The first-order valence-corrected chi connectivity index (χ1v) is 8.32. The molecule has 0 radical (unpaired) electrons. The smallest absolute Gasteiger partial charge is 0.270 e. The van der Waals surface area contributed by atoms with Crippen molar-refractivity contribution in [1.29, 1.82) is 0 Å². The molecule has 1 aliphatic rings. The number of rotatable bonds is 3. The Labute approximate surface area is 146 Å². The summed E-state index contributed by atoms with van der Waals surface area (Å²) < 4.78 is 10.8. The molecule has 3 aromatic rings. The minimum Gasteiger partial charge on any atom is -0.469 e. The molecule has 1 aliphatic heterocycles. The standard InChI is InChI=1S/C15H14N6O3S/c1-7-12(25-20-18-7)15(23)17-13-11-8(9-4-3-5-24-9)6-10(22)16-14(11)21(2)19-13/h3-5,8H,6H2,1-2H3,(H,16,22)(H,17,19,23)/t8-/m1/s1. The molecule has 0 aliphatic carbocycles. The van der Waals surface area contributed by atoms with Crippen LogP contribution in [0.15, 0.2) is 22.8 Å². The lowest BCUT2D eigenvalue weighted by Crippen LogP contribution is -2.25. The highest BCUT2D eigenvalue weighted by molar-refractivity contribution is 7.08. The van der Waals surface area contributed by atoms with Gasteiger partial charge in [-0.05, 0) is 30.6 Å². The van der Waals surface area contributed by atoms with Crippen molar-refractivity contribution in [2.75, 3.05) is 10.6 Å². The van der Waals surface area contributed by atoms with E-state index in [0.717, 1.165) is 17.1 Å². The Balaban J connectivity index is 1.75. The third kappa shape index (κ3) is 2.60. The SMILES string of the molecule is Cc1nnsc1C(=O)Nc1nn(C)c2c1[C@@H](c1ccco1)CC(=O)N2. The maximum atomic E-state index is 12.5. The van der Waals surface area contributed by atoms with E-state index in [0.29, 0.717) is 28.0 Å². The van der Waals surface area contributed by atoms with Gasteiger partial charge < -0.3 is 15.1 Å². The summed E-state index contributed by atoms with van der Waals surface area (Å²) in [5.74, 6) is 0.809. The van der Waals surface area contributed by atoms with Crippen LogP contribution >= 0.6 is 11.5 Å². The topological polar surface area (TPSA) is 115 Å². The van der Waals surface area contributed by atoms with E-state index in [2.05, 4.69) is 25.3 Å². The van der Waals surface area contributed by atoms with E-state index < -0.39 is 0 Å². The van der Waals surface area contributed by atoms with Crippen LogP contribution in [0.4, 0.5) is 11.6 Å². The van der Waals surface area contributed by atoms with Gasteiger partial charge in [0.25, 0.3) is 5.91 Å². The van der Waals surface area contributed by atoms with Crippen LogP contribution in [0.3, 0.4) is 0 Å². The van der Waals surface area contributed by atoms with Crippen LogP contribution in [0.2, 0.25) is 0 Å². The van der Waals surface area contributed by atoms with Gasteiger partial charge in [-0.1, -0.05) is 4.49 Å². The fraction of sp³-hybridized carbons (Fsp3) is 0.267. The summed E-state index contributed by atoms with van der Waals surface area (Å²) in [6.07, 6.45) is 1.78. The molecule has 0 spiro atoms. The lowest BCUT2D eigenvalue weighted by atomic mass is 9.91. The van der Waals surface area contributed by atoms with Crippen LogP contribution in [0.25, 0.3) is 0 Å². The van der Waals surface area contributed by atoms with Crippen molar-refractivity contribution in [3.05, 3.63) is 40.3 Å². The van der Waals surface area contributed by atoms with Crippen molar-refractivity contribution in [2.24, 2.45) is 7.05 Å². The van der Waals surface area contributed by atoms with E-state index in [1.54, 1.807) is 26.3 Å². The molecule has 0 unspecified atom stereocenters. The van der Waals surface area contributed by atoms with Gasteiger partial charge in [0, 0.05) is 13.5 Å². The van der Waals surface area contributed by atoms with Crippen molar-refractivity contribution in [3.8, 4) is 0 Å². The normalized spacial score (nSPS) is 16.4. The average molecular weight is 358 g/mol. The van der Waals surface area contributed by atoms with E-state index in [1.165, 1.54) is 4.68 Å². The van der Waals surface area contributed by atoms with Gasteiger partial charge in [-0.15, -0.1) is 5.10 Å². The molecular weight excluding hydrogens is 344 g/mol. The van der Waals surface area contributed by atoms with E-state index in [-0.39, 0.29) is 24.2 Å². The van der Waals surface area contributed by atoms with Crippen molar-refractivity contribution in [3.63, 3.8) is 0 Å². The Morgan fingerprint density at radius 1 is 1.52 bits per heavy atom. The minimum atomic E-state index is -0.330. The Kier molecular flexibility index (Phi) is 3.61. The average Bonchev–Trinajstić information content (AvgIpc) is 3.29. The van der Waals surface area contributed by atoms with Gasteiger partial charge in [0.1, 0.15) is 16.5 Å². The predicted molar refractivity (Wildman–Crippen MR) is 89.6 cm³/mol. The Morgan fingerprint density at radius 2 is 2.36 bits per heavy atom. The lowest BCUT2D eigenvalue weighted by molar-refractivity contribution is -0.116. The molecule has 0 aromatic carbocycles. The molecule has 0 fully saturated rings. The van der Waals surface area contributed by atoms with Crippen LogP contribution in [-0.2, 0) is 11.8 Å². The number of hydrogen-bond donors (Lipinski definition) is 2. The fourth-order valence-electron chi connectivity index (χ4n) is 2.92. The number of anilines is 2. The molecule has 0 bridgehead atoms. The molecule has 0 saturated carbocycles. The highest BCUT2D eigenvalue weighted by Crippen LogP contribution is 2.41. The zero-order valence-electron chi connectivity index (χ0n) is 13.4. The third-order valence-corrected chi connectivity index (χ3v) is 4.88. The summed E-state index contributed by atoms with van der Waals surface area (Å²) in [7, 11) is 1.71. The van der Waals surface area contributed by atoms with E-state index in [9.17, 15) is 9.59 Å². The number of fused-ring (bicyclic) bond motifs is 1. The minimum absolute atomic E-state index is 0.128.